The quantitative estimate of drug-likeness (QED) is 0.0266. The fourth-order valence-electron chi connectivity index (χ4n) is 10.5. The molecule has 0 aliphatic carbocycles. The number of carbonyl (C=O) groups is 12. The Balaban J connectivity index is 1.32. The molecular weight excluding hydrogens is 1220 g/mol. The molecule has 29 nitrogen and oxygen atoms in total. The van der Waals surface area contributed by atoms with Gasteiger partial charge < -0.3 is 89.6 Å². The Hall–Kier alpha value is -9.64. The van der Waals surface area contributed by atoms with Crippen LogP contribution in [0.4, 0.5) is 0 Å². The van der Waals surface area contributed by atoms with Gasteiger partial charge in [-0.3, -0.25) is 57.5 Å². The second-order valence-electron chi connectivity index (χ2n) is 24.6. The molecule has 0 radical (unpaired) electrons. The van der Waals surface area contributed by atoms with Crippen molar-refractivity contribution in [3.05, 3.63) is 95.7 Å². The van der Waals surface area contributed by atoms with Crippen molar-refractivity contribution in [2.75, 3.05) is 19.6 Å². The molecule has 10 amide bonds. The Labute approximate surface area is 544 Å². The van der Waals surface area contributed by atoms with Crippen molar-refractivity contribution in [1.29, 1.82) is 0 Å². The Morgan fingerprint density at radius 1 is 0.564 bits per heavy atom. The van der Waals surface area contributed by atoms with Crippen LogP contribution in [0.5, 0.6) is 11.5 Å². The highest BCUT2D eigenvalue weighted by atomic mass is 16.4. The second-order valence-corrected chi connectivity index (χ2v) is 24.6. The van der Waals surface area contributed by atoms with E-state index < -0.39 is 163 Å². The summed E-state index contributed by atoms with van der Waals surface area (Å²) in [6.45, 7) is 10.9. The minimum absolute atomic E-state index is 0.0303. The lowest BCUT2D eigenvalue weighted by Gasteiger charge is -2.32. The molecule has 1 fully saturated rings. The third kappa shape index (κ3) is 22.6. The number of rotatable bonds is 36. The number of nitrogens with one attached hydrogen (secondary N) is 10. The van der Waals surface area contributed by atoms with E-state index in [-0.39, 0.29) is 62.6 Å². The van der Waals surface area contributed by atoms with Crippen LogP contribution < -0.4 is 59.3 Å². The number of para-hydroxylation sites is 1. The summed E-state index contributed by atoms with van der Waals surface area (Å²) < 4.78 is 0. The van der Waals surface area contributed by atoms with Crippen LogP contribution in [0, 0.1) is 17.8 Å². The third-order valence-electron chi connectivity index (χ3n) is 16.1. The van der Waals surface area contributed by atoms with Crippen molar-refractivity contribution in [3.8, 4) is 11.5 Å². The zero-order valence-corrected chi connectivity index (χ0v) is 54.0. The SMILES string of the molecule is CC(C)[C@H](N)C(=O)N[C@@H](Cc1ccc(O)cc1)C(=O)N[C@@H](Cc1ccc(O)cc1)C(=O)NCC(=O)N[C@H](C(=O)N1CCC[C@H]1C(=O)N[C@H](C(=O)N[C@@H](Cc1c[nH]c2ccccc12)C(=O)N[C@@H](CCCCN)C(=O)N[C@@H](CCC(=O)O)C(=O)N[C@@H](C)C(=O)O)C(C)C)C(C)C. The molecule has 1 aliphatic heterocycles. The van der Waals surface area contributed by atoms with Gasteiger partial charge >= 0.3 is 11.9 Å². The summed E-state index contributed by atoms with van der Waals surface area (Å²) in [5.41, 5.74) is 14.2. The number of carboxylic acid groups (broad SMARTS) is 2. The van der Waals surface area contributed by atoms with Gasteiger partial charge in [-0.1, -0.05) is 84.0 Å². The average Bonchev–Trinajstić information content (AvgIpc) is 1.63. The third-order valence-corrected chi connectivity index (χ3v) is 16.1. The van der Waals surface area contributed by atoms with E-state index in [1.54, 1.807) is 84.1 Å². The molecule has 0 unspecified atom stereocenters. The van der Waals surface area contributed by atoms with Gasteiger partial charge in [-0.05, 0) is 117 Å². The minimum atomic E-state index is -1.53. The molecule has 10 atom stereocenters. The Kier molecular flexibility index (Phi) is 28.7. The number of nitrogens with zero attached hydrogens (tertiary/aromatic N) is 1. The Bertz CT molecular complexity index is 3300. The number of aromatic amines is 1. The number of nitrogens with two attached hydrogens (primary N) is 2. The van der Waals surface area contributed by atoms with Crippen molar-refractivity contribution in [1.82, 2.24) is 57.7 Å². The van der Waals surface area contributed by atoms with Crippen LogP contribution in [-0.4, -0.2) is 181 Å². The molecule has 512 valence electrons. The molecule has 4 aromatic rings. The molecule has 1 aliphatic rings. The maximum absolute atomic E-state index is 14.7. The first-order chi connectivity index (χ1) is 44.5. The maximum atomic E-state index is 14.7. The standard InChI is InChI=1S/C65H91N13O16/c1-34(2)53(67)62(90)74-48(30-39-19-23-42(80)24-20-39)59(87)73-47(29-38-17-21-41(79)22-18-38)56(84)69-33-51(81)76-55(36(5)6)64(92)78-28-12-16-50(78)61(89)77-54(35(3)4)63(91)75-49(31-40-32-68-44-14-9-8-13-43(40)44)60(88)71-45(15-10-11-27-66)58(86)72-46(25-26-52(82)83)57(85)70-37(7)65(93)94/h8-9,13-14,17-24,32,34-37,45-50,53-55,68,79-80H,10-12,15-16,25-31,33,66-67H2,1-7H3,(H,69,84)(H,70,85)(H,71,88)(H,72,86)(H,73,87)(H,74,90)(H,75,91)(H,76,81)(H,77,89)(H,82,83)(H,93,94)/t37-,45-,46-,47-,48-,49-,50-,53-,54-,55-/m0/s1. The van der Waals surface area contributed by atoms with Gasteiger partial charge in [-0.2, -0.15) is 0 Å². The van der Waals surface area contributed by atoms with Gasteiger partial charge in [0.25, 0.3) is 0 Å². The number of aliphatic carboxylic acids is 2. The summed E-state index contributed by atoms with van der Waals surface area (Å²) >= 11 is 0. The van der Waals surface area contributed by atoms with Gasteiger partial charge in [0, 0.05) is 49.3 Å². The topological polar surface area (TPSA) is 465 Å². The Morgan fingerprint density at radius 2 is 1.07 bits per heavy atom. The number of phenolic OH excluding ortho intramolecular Hbond substituents is 2. The molecule has 29 heteroatoms. The predicted octanol–water partition coefficient (Wildman–Crippen LogP) is -0.0138. The van der Waals surface area contributed by atoms with Gasteiger partial charge in [0.2, 0.25) is 59.1 Å². The molecule has 3 aromatic carbocycles. The van der Waals surface area contributed by atoms with E-state index in [0.29, 0.717) is 46.9 Å². The van der Waals surface area contributed by atoms with E-state index in [0.717, 1.165) is 0 Å². The zero-order chi connectivity index (χ0) is 69.5. The highest BCUT2D eigenvalue weighted by Crippen LogP contribution is 2.23. The van der Waals surface area contributed by atoms with Gasteiger partial charge in [-0.15, -0.1) is 0 Å². The molecule has 2 heterocycles. The number of hydrogen-bond acceptors (Lipinski definition) is 16. The number of fused-ring (bicyclic) bond motifs is 1. The molecule has 0 bridgehead atoms. The van der Waals surface area contributed by atoms with E-state index in [1.165, 1.54) is 48.2 Å². The number of carboxylic acids is 2. The normalized spacial score (nSPS) is 15.8. The summed E-state index contributed by atoms with van der Waals surface area (Å²) in [4.78, 5) is 168. The largest absolute Gasteiger partial charge is 0.508 e. The lowest BCUT2D eigenvalue weighted by molar-refractivity contribution is -0.143. The van der Waals surface area contributed by atoms with Crippen LogP contribution in [0.25, 0.3) is 10.9 Å². The van der Waals surface area contributed by atoms with Crippen LogP contribution >= 0.6 is 0 Å². The number of phenols is 2. The molecule has 1 saturated heterocycles. The summed E-state index contributed by atoms with van der Waals surface area (Å²) in [7, 11) is 0. The van der Waals surface area contributed by atoms with E-state index in [2.05, 4.69) is 52.8 Å². The van der Waals surface area contributed by atoms with Crippen molar-refractivity contribution in [3.63, 3.8) is 0 Å². The van der Waals surface area contributed by atoms with Gasteiger partial charge in [0.15, 0.2) is 0 Å². The number of amides is 10. The van der Waals surface area contributed by atoms with Gasteiger partial charge in [-0.25, -0.2) is 0 Å². The van der Waals surface area contributed by atoms with Crippen LogP contribution in [0.2, 0.25) is 0 Å². The first-order valence-electron chi connectivity index (χ1n) is 31.5. The summed E-state index contributed by atoms with van der Waals surface area (Å²) in [5.74, 6) is -12.3. The number of H-pyrrole nitrogens is 1. The van der Waals surface area contributed by atoms with E-state index >= 15 is 0 Å². The average molecular weight is 1310 g/mol. The molecule has 0 saturated carbocycles. The molecular formula is C65H91N13O16. The highest BCUT2D eigenvalue weighted by Gasteiger charge is 2.41. The summed E-state index contributed by atoms with van der Waals surface area (Å²) in [6.07, 6.45) is 1.45. The van der Waals surface area contributed by atoms with Crippen molar-refractivity contribution in [2.45, 2.75) is 173 Å². The minimum Gasteiger partial charge on any atom is -0.508 e. The number of likely N-dealkylation sites (tertiary alicyclic amines) is 1. The number of carbonyl (C=O) groups excluding carboxylic acids is 10. The molecule has 5 rings (SSSR count). The lowest BCUT2D eigenvalue weighted by atomic mass is 9.99. The molecule has 18 N–H and O–H groups in total. The zero-order valence-electron chi connectivity index (χ0n) is 54.0. The fraction of sp³-hybridized carbons (Fsp3) is 0.508. The van der Waals surface area contributed by atoms with Crippen LogP contribution in [-0.2, 0) is 76.8 Å². The van der Waals surface area contributed by atoms with Crippen LogP contribution in [0.3, 0.4) is 0 Å². The number of benzene rings is 3. The Morgan fingerprint density at radius 3 is 1.63 bits per heavy atom. The van der Waals surface area contributed by atoms with Crippen molar-refractivity contribution < 1.29 is 78.0 Å². The van der Waals surface area contributed by atoms with Gasteiger partial charge in [0.1, 0.15) is 65.9 Å². The highest BCUT2D eigenvalue weighted by molar-refractivity contribution is 5.99. The molecule has 1 aromatic heterocycles. The smallest absolute Gasteiger partial charge is 0.325 e. The number of aromatic nitrogens is 1. The predicted molar refractivity (Wildman–Crippen MR) is 344 cm³/mol. The first-order valence-corrected chi connectivity index (χ1v) is 31.5. The van der Waals surface area contributed by atoms with Crippen molar-refractivity contribution in [2.24, 2.45) is 29.2 Å². The number of hydrogen-bond donors (Lipinski definition) is 16. The van der Waals surface area contributed by atoms with Gasteiger partial charge in [0.05, 0.1) is 12.6 Å². The number of unbranched alkanes of at least 4 members (excludes halogenated alkanes) is 1. The fourth-order valence-corrected chi connectivity index (χ4v) is 10.5. The van der Waals surface area contributed by atoms with E-state index in [1.807, 2.05) is 0 Å². The van der Waals surface area contributed by atoms with Crippen LogP contribution in [0.15, 0.2) is 79.0 Å². The second kappa shape index (κ2) is 36.0. The monoisotopic (exact) mass is 1310 g/mol. The summed E-state index contributed by atoms with van der Waals surface area (Å²) in [5, 5.41) is 62.9. The maximum Gasteiger partial charge on any atom is 0.325 e. The summed E-state index contributed by atoms with van der Waals surface area (Å²) in [6, 6.07) is 5.84. The molecule has 0 spiro atoms. The molecule has 94 heavy (non-hydrogen) atoms. The lowest BCUT2D eigenvalue weighted by Crippen LogP contribution is -2.61. The van der Waals surface area contributed by atoms with E-state index in [4.69, 9.17) is 11.5 Å². The van der Waals surface area contributed by atoms with Crippen molar-refractivity contribution >= 4 is 81.9 Å². The van der Waals surface area contributed by atoms with Crippen LogP contribution in [0.1, 0.15) is 110 Å². The first kappa shape index (κ1) is 75.1. The van der Waals surface area contributed by atoms with E-state index in [9.17, 15) is 78.0 Å². The number of aromatic hydroxyl groups is 2.